The van der Waals surface area contributed by atoms with E-state index in [0.717, 1.165) is 0 Å². The molecule has 0 bridgehead atoms. The van der Waals surface area contributed by atoms with Gasteiger partial charge in [0.05, 0.1) is 31.8 Å². The maximum atomic E-state index is 12.8. The van der Waals surface area contributed by atoms with E-state index in [0.29, 0.717) is 11.1 Å². The molecule has 3 aliphatic rings. The van der Waals surface area contributed by atoms with Crippen LogP contribution in [-0.4, -0.2) is 110 Å². The second-order valence-electron chi connectivity index (χ2n) is 9.78. The van der Waals surface area contributed by atoms with E-state index < -0.39 is 68.0 Å². The van der Waals surface area contributed by atoms with Crippen molar-refractivity contribution in [1.29, 1.82) is 0 Å². The van der Waals surface area contributed by atoms with E-state index in [1.165, 1.54) is 18.2 Å². The van der Waals surface area contributed by atoms with Crippen molar-refractivity contribution in [2.24, 2.45) is 0 Å². The van der Waals surface area contributed by atoms with Gasteiger partial charge in [0.2, 0.25) is 12.6 Å². The highest BCUT2D eigenvalue weighted by Gasteiger charge is 2.49. The Morgan fingerprint density at radius 2 is 1.59 bits per heavy atom. The number of ether oxygens (including phenoxy) is 5. The monoisotopic (exact) mass is 550 g/mol. The Morgan fingerprint density at radius 1 is 0.897 bits per heavy atom. The second kappa shape index (κ2) is 11.0. The molecule has 39 heavy (non-hydrogen) atoms. The molecule has 7 N–H and O–H groups in total. The van der Waals surface area contributed by atoms with Crippen molar-refractivity contribution in [2.45, 2.75) is 61.2 Å². The van der Waals surface area contributed by atoms with Gasteiger partial charge in [0.15, 0.2) is 5.78 Å². The Labute approximate surface area is 222 Å². The van der Waals surface area contributed by atoms with Gasteiger partial charge in [0.25, 0.3) is 0 Å². The third-order valence-electron chi connectivity index (χ3n) is 7.08. The van der Waals surface area contributed by atoms with Crippen molar-refractivity contribution < 1.29 is 64.2 Å². The van der Waals surface area contributed by atoms with Crippen molar-refractivity contribution in [1.82, 2.24) is 0 Å². The third-order valence-corrected chi connectivity index (χ3v) is 7.08. The Kier molecular flexibility index (Phi) is 7.79. The number of Topliss-reactive ketones (excluding diaryl/α,β-unsaturated/α-hetero) is 1. The van der Waals surface area contributed by atoms with Gasteiger partial charge in [-0.2, -0.15) is 0 Å². The molecule has 0 saturated carbocycles. The van der Waals surface area contributed by atoms with Gasteiger partial charge in [-0.15, -0.1) is 0 Å². The number of carbonyl (C=O) groups excluding carboxylic acids is 1. The van der Waals surface area contributed by atoms with Crippen LogP contribution in [0.15, 0.2) is 42.5 Å². The molecule has 0 aromatic heterocycles. The van der Waals surface area contributed by atoms with E-state index in [1.807, 2.05) is 0 Å². The molecule has 212 valence electrons. The Bertz CT molecular complexity index is 1170. The van der Waals surface area contributed by atoms with Crippen LogP contribution in [0.4, 0.5) is 0 Å². The summed E-state index contributed by atoms with van der Waals surface area (Å²) in [5, 5.41) is 69.0. The molecule has 0 aliphatic carbocycles. The molecule has 13 nitrogen and oxygen atoms in total. The van der Waals surface area contributed by atoms with Crippen molar-refractivity contribution >= 4 is 5.78 Å². The molecule has 0 radical (unpaired) electrons. The first-order valence-corrected chi connectivity index (χ1v) is 12.3. The minimum absolute atomic E-state index is 0.0636. The highest BCUT2D eigenvalue weighted by atomic mass is 16.7. The number of rotatable bonds is 7. The summed E-state index contributed by atoms with van der Waals surface area (Å²) in [7, 11) is 0. The number of hydrogen-bond acceptors (Lipinski definition) is 13. The fraction of sp³-hybridized carbons (Fsp3) is 0.500. The largest absolute Gasteiger partial charge is 0.484 e. The van der Waals surface area contributed by atoms with Crippen molar-refractivity contribution in [2.75, 3.05) is 19.8 Å². The quantitative estimate of drug-likeness (QED) is 0.208. The molecule has 2 aromatic carbocycles. The lowest BCUT2D eigenvalue weighted by molar-refractivity contribution is -0.277. The lowest BCUT2D eigenvalue weighted by atomic mass is 9.96. The van der Waals surface area contributed by atoms with Gasteiger partial charge >= 0.3 is 0 Å². The molecule has 0 spiro atoms. The summed E-state index contributed by atoms with van der Waals surface area (Å²) in [5.74, 6) is 0.567. The topological polar surface area (TPSA) is 205 Å². The van der Waals surface area contributed by atoms with E-state index in [4.69, 9.17) is 23.7 Å². The van der Waals surface area contributed by atoms with Gasteiger partial charge in [0.1, 0.15) is 59.5 Å². The second-order valence-corrected chi connectivity index (χ2v) is 9.78. The van der Waals surface area contributed by atoms with Gasteiger partial charge < -0.3 is 59.4 Å². The lowest BCUT2D eigenvalue weighted by Gasteiger charge is -2.39. The minimum Gasteiger partial charge on any atom is -0.484 e. The summed E-state index contributed by atoms with van der Waals surface area (Å²) in [6, 6.07) is 10.9. The molecule has 2 aromatic rings. The average molecular weight is 551 g/mol. The predicted molar refractivity (Wildman–Crippen MR) is 128 cm³/mol. The molecule has 3 heterocycles. The predicted octanol–water partition coefficient (Wildman–Crippen LogP) is -1.61. The zero-order chi connectivity index (χ0) is 27.9. The maximum Gasteiger partial charge on any atom is 0.229 e. The Morgan fingerprint density at radius 3 is 2.26 bits per heavy atom. The summed E-state index contributed by atoms with van der Waals surface area (Å²) in [6.45, 7) is -1.60. The van der Waals surface area contributed by atoms with Gasteiger partial charge in [-0.3, -0.25) is 4.79 Å². The fourth-order valence-electron chi connectivity index (χ4n) is 4.65. The van der Waals surface area contributed by atoms with Gasteiger partial charge in [-0.25, -0.2) is 0 Å². The molecule has 0 unspecified atom stereocenters. The molecule has 9 atom stereocenters. The third kappa shape index (κ3) is 5.33. The molecule has 5 rings (SSSR count). The van der Waals surface area contributed by atoms with Gasteiger partial charge in [0, 0.05) is 6.07 Å². The van der Waals surface area contributed by atoms with E-state index in [-0.39, 0.29) is 36.1 Å². The molecule has 3 aliphatic heterocycles. The highest BCUT2D eigenvalue weighted by molar-refractivity contribution is 6.00. The smallest absolute Gasteiger partial charge is 0.229 e. The van der Waals surface area contributed by atoms with Crippen molar-refractivity contribution in [3.63, 3.8) is 0 Å². The first-order valence-electron chi connectivity index (χ1n) is 12.3. The normalized spacial score (nSPS) is 36.2. The van der Waals surface area contributed by atoms with Gasteiger partial charge in [-0.1, -0.05) is 12.1 Å². The highest BCUT2D eigenvalue weighted by Crippen LogP contribution is 2.38. The SMILES string of the molecule is O=C1C[C@@H](c2ccc(O[C@H]3O[C@H](CO)[C@@H](O)[C@H](O)[C@H]3O)cc2)Oc2cc(O[C@H]3OC[C@](O)(CO)[C@H]3O)ccc21. The fourth-order valence-corrected chi connectivity index (χ4v) is 4.65. The summed E-state index contributed by atoms with van der Waals surface area (Å²) in [4.78, 5) is 12.8. The zero-order valence-electron chi connectivity index (χ0n) is 20.6. The number of aliphatic hydroxyl groups is 7. The lowest BCUT2D eigenvalue weighted by Crippen LogP contribution is -2.60. The molecule has 2 saturated heterocycles. The van der Waals surface area contributed by atoms with Crippen LogP contribution in [0, 0.1) is 0 Å². The van der Waals surface area contributed by atoms with Crippen molar-refractivity contribution in [3.05, 3.63) is 53.6 Å². The summed E-state index contributed by atoms with van der Waals surface area (Å²) in [6.07, 6.45) is -10.4. The number of benzene rings is 2. The molecular weight excluding hydrogens is 520 g/mol. The summed E-state index contributed by atoms with van der Waals surface area (Å²) < 4.78 is 27.9. The van der Waals surface area contributed by atoms with Crippen LogP contribution in [0.25, 0.3) is 0 Å². The van der Waals surface area contributed by atoms with Crippen LogP contribution < -0.4 is 14.2 Å². The molecule has 0 amide bonds. The van der Waals surface area contributed by atoms with E-state index >= 15 is 0 Å². The van der Waals surface area contributed by atoms with Crippen LogP contribution in [0.2, 0.25) is 0 Å². The van der Waals surface area contributed by atoms with E-state index in [1.54, 1.807) is 24.3 Å². The van der Waals surface area contributed by atoms with Crippen LogP contribution in [-0.2, 0) is 9.47 Å². The van der Waals surface area contributed by atoms with Crippen LogP contribution in [0.3, 0.4) is 0 Å². The average Bonchev–Trinajstić information content (AvgIpc) is 3.22. The molecule has 2 fully saturated rings. The summed E-state index contributed by atoms with van der Waals surface area (Å²) >= 11 is 0. The van der Waals surface area contributed by atoms with Crippen molar-refractivity contribution in [3.8, 4) is 17.2 Å². The van der Waals surface area contributed by atoms with E-state index in [2.05, 4.69) is 0 Å². The standard InChI is InChI=1S/C26H30O13/c27-9-19-20(30)21(31)22(32)24(39-19)36-13-3-1-12(2-4-13)17-8-16(29)15-6-5-14(7-18(15)38-17)37-25-23(33)26(34,10-28)11-35-25/h1-7,17,19-25,27-28,30-34H,8-11H2/t17-,19+,20+,21-,22+,23-,24-,25+,26+/m0/s1. The zero-order valence-corrected chi connectivity index (χ0v) is 20.6. The van der Waals surface area contributed by atoms with Gasteiger partial charge in [-0.05, 0) is 29.8 Å². The molecule has 13 heteroatoms. The number of fused-ring (bicyclic) bond motifs is 1. The first-order chi connectivity index (χ1) is 18.6. The number of aliphatic hydroxyl groups excluding tert-OH is 6. The van der Waals surface area contributed by atoms with Crippen LogP contribution in [0.5, 0.6) is 17.2 Å². The molecular formula is C26H30O13. The Balaban J connectivity index is 1.26. The maximum absolute atomic E-state index is 12.8. The number of ketones is 1. The van der Waals surface area contributed by atoms with Crippen LogP contribution in [0.1, 0.15) is 28.4 Å². The first kappa shape index (κ1) is 27.7. The number of hydrogen-bond donors (Lipinski definition) is 7. The van der Waals surface area contributed by atoms with Crippen LogP contribution >= 0.6 is 0 Å². The summed E-state index contributed by atoms with van der Waals surface area (Å²) in [5.41, 5.74) is -0.847. The number of carbonyl (C=O) groups is 1. The minimum atomic E-state index is -1.84. The Hall–Kier alpha value is -2.85. The van der Waals surface area contributed by atoms with E-state index in [9.17, 15) is 40.5 Å².